The van der Waals surface area contributed by atoms with Crippen LogP contribution in [-0.2, 0) is 27.2 Å². The van der Waals surface area contributed by atoms with E-state index in [4.69, 9.17) is 0 Å². The molecule has 2 aromatic rings. The first-order valence-electron chi connectivity index (χ1n) is 7.07. The third kappa shape index (κ3) is 5.27. The highest BCUT2D eigenvalue weighted by Gasteiger charge is 2.30. The zero-order valence-electron chi connectivity index (χ0n) is 13.3. The second kappa shape index (κ2) is 7.12. The van der Waals surface area contributed by atoms with Crippen LogP contribution in [0.4, 0.5) is 18.3 Å². The molecule has 0 saturated heterocycles. The van der Waals surface area contributed by atoms with Gasteiger partial charge in [0.1, 0.15) is 5.25 Å². The number of carbonyl (C=O) groups is 1. The van der Waals surface area contributed by atoms with Crippen molar-refractivity contribution in [2.45, 2.75) is 24.8 Å². The predicted molar refractivity (Wildman–Crippen MR) is 89.3 cm³/mol. The van der Waals surface area contributed by atoms with Gasteiger partial charge in [0.05, 0.1) is 5.56 Å². The van der Waals surface area contributed by atoms with Gasteiger partial charge in [-0.3, -0.25) is 4.79 Å². The van der Waals surface area contributed by atoms with E-state index in [9.17, 15) is 26.4 Å². The molecule has 25 heavy (non-hydrogen) atoms. The molecule has 0 fully saturated rings. The topological polar surface area (TPSA) is 76.1 Å². The van der Waals surface area contributed by atoms with Crippen LogP contribution >= 0.6 is 11.3 Å². The van der Waals surface area contributed by atoms with Crippen molar-refractivity contribution < 1.29 is 26.4 Å². The number of carbonyl (C=O) groups excluding carboxylic acids is 1. The van der Waals surface area contributed by atoms with Gasteiger partial charge in [-0.1, -0.05) is 18.2 Å². The minimum absolute atomic E-state index is 0.197. The molecular weight excluding hydrogens is 377 g/mol. The molecule has 136 valence electrons. The number of nitrogens with zero attached hydrogens (tertiary/aromatic N) is 1. The number of nitrogens with one attached hydrogen (secondary N) is 1. The van der Waals surface area contributed by atoms with E-state index >= 15 is 0 Å². The smallest absolute Gasteiger partial charge is 0.301 e. The van der Waals surface area contributed by atoms with Gasteiger partial charge in [0, 0.05) is 23.8 Å². The highest BCUT2D eigenvalue weighted by molar-refractivity contribution is 7.92. The van der Waals surface area contributed by atoms with Gasteiger partial charge in [0.2, 0.25) is 5.91 Å². The van der Waals surface area contributed by atoms with Gasteiger partial charge < -0.3 is 5.32 Å². The minimum atomic E-state index is -4.41. The molecule has 1 amide bonds. The maximum absolute atomic E-state index is 12.7. The predicted octanol–water partition coefficient (Wildman–Crippen LogP) is 3.12. The van der Waals surface area contributed by atoms with Gasteiger partial charge in [0.15, 0.2) is 15.0 Å². The summed E-state index contributed by atoms with van der Waals surface area (Å²) in [5, 5.41) is 1.38. The summed E-state index contributed by atoms with van der Waals surface area (Å²) in [7, 11) is -3.52. The van der Waals surface area contributed by atoms with Crippen molar-refractivity contribution in [1.29, 1.82) is 0 Å². The van der Waals surface area contributed by atoms with Crippen molar-refractivity contribution in [3.8, 4) is 0 Å². The number of sulfone groups is 1. The third-order valence-corrected chi connectivity index (χ3v) is 5.84. The average Bonchev–Trinajstić information content (AvgIpc) is 2.92. The number of aromatic nitrogens is 1. The van der Waals surface area contributed by atoms with Crippen molar-refractivity contribution in [2.75, 3.05) is 11.6 Å². The Balaban J connectivity index is 2.09. The zero-order valence-corrected chi connectivity index (χ0v) is 14.9. The fourth-order valence-corrected chi connectivity index (χ4v) is 3.20. The number of benzene rings is 1. The summed E-state index contributed by atoms with van der Waals surface area (Å²) in [4.78, 5) is 16.4. The first-order chi connectivity index (χ1) is 11.5. The molecule has 0 aliphatic carbocycles. The molecule has 0 aliphatic heterocycles. The molecule has 1 N–H and O–H groups in total. The van der Waals surface area contributed by atoms with E-state index in [0.29, 0.717) is 10.4 Å². The second-order valence-corrected chi connectivity index (χ2v) is 8.95. The number of thiazole rings is 1. The normalized spacial score (nSPS) is 13.5. The van der Waals surface area contributed by atoms with Crippen molar-refractivity contribution in [2.24, 2.45) is 0 Å². The van der Waals surface area contributed by atoms with E-state index in [1.54, 1.807) is 6.07 Å². The van der Waals surface area contributed by atoms with Crippen LogP contribution in [0.5, 0.6) is 0 Å². The van der Waals surface area contributed by atoms with Crippen molar-refractivity contribution in [1.82, 2.24) is 4.98 Å². The molecule has 0 radical (unpaired) electrons. The molecule has 1 heterocycles. The lowest BCUT2D eigenvalue weighted by Gasteiger charge is -2.08. The summed E-state index contributed by atoms with van der Waals surface area (Å²) < 4.78 is 60.9. The molecule has 0 aliphatic rings. The van der Waals surface area contributed by atoms with E-state index in [0.717, 1.165) is 29.7 Å². The Labute approximate surface area is 146 Å². The summed E-state index contributed by atoms with van der Waals surface area (Å²) in [6.07, 6.45) is -1.80. The number of rotatable bonds is 5. The van der Waals surface area contributed by atoms with Gasteiger partial charge in [0.25, 0.3) is 0 Å². The van der Waals surface area contributed by atoms with Gasteiger partial charge >= 0.3 is 6.18 Å². The summed E-state index contributed by atoms with van der Waals surface area (Å²) in [6, 6.07) is 4.95. The molecule has 0 spiro atoms. The van der Waals surface area contributed by atoms with Crippen LogP contribution < -0.4 is 5.32 Å². The Kier molecular flexibility index (Phi) is 5.52. The summed E-state index contributed by atoms with van der Waals surface area (Å²) in [5.74, 6) is -0.706. The molecule has 10 heteroatoms. The number of anilines is 1. The van der Waals surface area contributed by atoms with Crippen LogP contribution in [0.1, 0.15) is 22.9 Å². The lowest BCUT2D eigenvalue weighted by atomic mass is 10.1. The van der Waals surface area contributed by atoms with Gasteiger partial charge in [-0.05, 0) is 18.6 Å². The highest BCUT2D eigenvalue weighted by Crippen LogP contribution is 2.30. The van der Waals surface area contributed by atoms with E-state index in [1.807, 2.05) is 0 Å². The monoisotopic (exact) mass is 392 g/mol. The average molecular weight is 392 g/mol. The Morgan fingerprint density at radius 2 is 2.04 bits per heavy atom. The molecule has 1 atom stereocenters. The van der Waals surface area contributed by atoms with Crippen LogP contribution in [0, 0.1) is 0 Å². The molecule has 0 unspecified atom stereocenters. The Morgan fingerprint density at radius 3 is 2.64 bits per heavy atom. The highest BCUT2D eigenvalue weighted by atomic mass is 32.2. The van der Waals surface area contributed by atoms with E-state index < -0.39 is 32.7 Å². The molecule has 5 nitrogen and oxygen atoms in total. The first kappa shape index (κ1) is 19.4. The standard InChI is InChI=1S/C15H15F3N2O3S2/c1-9(25(2,22)23)13(21)20-14-19-8-12(24-14)7-10-4-3-5-11(6-10)15(16,17)18/h3-6,8-9H,7H2,1-2H3,(H,19,20,21)/t9-/m1/s1. The summed E-state index contributed by atoms with van der Waals surface area (Å²) in [5.41, 5.74) is -0.272. The van der Waals surface area contributed by atoms with Crippen LogP contribution in [-0.4, -0.2) is 30.8 Å². The lowest BCUT2D eigenvalue weighted by molar-refractivity contribution is -0.137. The van der Waals surface area contributed by atoms with E-state index in [1.165, 1.54) is 19.2 Å². The fourth-order valence-electron chi connectivity index (χ4n) is 1.91. The van der Waals surface area contributed by atoms with E-state index in [-0.39, 0.29) is 11.6 Å². The number of hydrogen-bond acceptors (Lipinski definition) is 5. The number of amides is 1. The fraction of sp³-hybridized carbons (Fsp3) is 0.333. The molecule has 1 aromatic heterocycles. The van der Waals surface area contributed by atoms with Crippen LogP contribution in [0.15, 0.2) is 30.5 Å². The Morgan fingerprint density at radius 1 is 1.36 bits per heavy atom. The first-order valence-corrected chi connectivity index (χ1v) is 9.84. The minimum Gasteiger partial charge on any atom is -0.301 e. The van der Waals surface area contributed by atoms with Gasteiger partial charge in [-0.2, -0.15) is 13.2 Å². The van der Waals surface area contributed by atoms with Crippen LogP contribution in [0.3, 0.4) is 0 Å². The Hall–Kier alpha value is -1.94. The lowest BCUT2D eigenvalue weighted by Crippen LogP contribution is -2.31. The third-order valence-electron chi connectivity index (χ3n) is 3.43. The van der Waals surface area contributed by atoms with Crippen LogP contribution in [0.25, 0.3) is 0 Å². The molecular formula is C15H15F3N2O3S2. The van der Waals surface area contributed by atoms with Crippen molar-refractivity contribution in [3.05, 3.63) is 46.5 Å². The number of alkyl halides is 3. The summed E-state index contributed by atoms with van der Waals surface area (Å²) in [6.45, 7) is 1.27. The van der Waals surface area contributed by atoms with E-state index in [2.05, 4.69) is 10.3 Å². The van der Waals surface area contributed by atoms with Crippen LogP contribution in [0.2, 0.25) is 0 Å². The van der Waals surface area contributed by atoms with Crippen molar-refractivity contribution in [3.63, 3.8) is 0 Å². The second-order valence-electron chi connectivity index (χ2n) is 5.47. The van der Waals surface area contributed by atoms with Crippen molar-refractivity contribution >= 4 is 32.2 Å². The Bertz CT molecular complexity index is 876. The maximum Gasteiger partial charge on any atom is 0.416 e. The number of hydrogen-bond donors (Lipinski definition) is 1. The molecule has 2 rings (SSSR count). The largest absolute Gasteiger partial charge is 0.416 e. The number of halogens is 3. The van der Waals surface area contributed by atoms with Gasteiger partial charge in [-0.15, -0.1) is 11.3 Å². The molecule has 1 aromatic carbocycles. The molecule has 0 saturated carbocycles. The zero-order chi connectivity index (χ0) is 18.8. The maximum atomic E-state index is 12.7. The summed E-state index contributed by atoms with van der Waals surface area (Å²) >= 11 is 1.08. The molecule has 0 bridgehead atoms. The quantitative estimate of drug-likeness (QED) is 0.848. The van der Waals surface area contributed by atoms with Gasteiger partial charge in [-0.25, -0.2) is 13.4 Å². The SMILES string of the molecule is C[C@H](C(=O)Nc1ncc(Cc2cccc(C(F)(F)F)c2)s1)S(C)(=O)=O.